The second kappa shape index (κ2) is 7.02. The van der Waals surface area contributed by atoms with Crippen LogP contribution in [-0.2, 0) is 0 Å². The van der Waals surface area contributed by atoms with Crippen molar-refractivity contribution in [2.24, 2.45) is 5.41 Å². The highest BCUT2D eigenvalue weighted by Crippen LogP contribution is 2.24. The monoisotopic (exact) mass is 441 g/mol. The minimum Gasteiger partial charge on any atom is -0.351 e. The van der Waals surface area contributed by atoms with Crippen molar-refractivity contribution < 1.29 is 9.18 Å². The van der Waals surface area contributed by atoms with Crippen molar-refractivity contribution in [2.75, 3.05) is 6.54 Å². The van der Waals surface area contributed by atoms with E-state index in [0.717, 1.165) is 6.42 Å². The molecule has 1 amide bonds. The third kappa shape index (κ3) is 6.21. The predicted molar refractivity (Wildman–Crippen MR) is 88.2 cm³/mol. The van der Waals surface area contributed by atoms with E-state index in [4.69, 9.17) is 0 Å². The van der Waals surface area contributed by atoms with Crippen molar-refractivity contribution in [3.63, 3.8) is 0 Å². The Morgan fingerprint density at radius 3 is 2.63 bits per heavy atom. The number of carbonyl (C=O) groups is 1. The molecule has 2 nitrogen and oxygen atoms in total. The molecule has 0 saturated carbocycles. The SMILES string of the molecule is CC(C)(C)CC(Br)CNC(=O)c1ccc(F)cc1I. The zero-order chi connectivity index (χ0) is 14.6. The Hall–Kier alpha value is -0.170. The number of amides is 1. The van der Waals surface area contributed by atoms with Gasteiger partial charge in [0.2, 0.25) is 0 Å². The fourth-order valence-electron chi connectivity index (χ4n) is 1.71. The molecular formula is C14H18BrFINO. The zero-order valence-corrected chi connectivity index (χ0v) is 15.0. The molecule has 0 heterocycles. The first-order valence-electron chi connectivity index (χ1n) is 6.06. The van der Waals surface area contributed by atoms with Crippen LogP contribution in [0.2, 0.25) is 0 Å². The highest BCUT2D eigenvalue weighted by Gasteiger charge is 2.18. The lowest BCUT2D eigenvalue weighted by atomic mass is 9.90. The molecule has 0 aliphatic heterocycles. The van der Waals surface area contributed by atoms with Crippen molar-refractivity contribution in [3.05, 3.63) is 33.1 Å². The smallest absolute Gasteiger partial charge is 0.252 e. The molecule has 1 aromatic carbocycles. The summed E-state index contributed by atoms with van der Waals surface area (Å²) in [5.74, 6) is -0.491. The lowest BCUT2D eigenvalue weighted by Gasteiger charge is -2.22. The minimum atomic E-state index is -0.327. The molecule has 1 N–H and O–H groups in total. The van der Waals surface area contributed by atoms with Crippen LogP contribution in [0.15, 0.2) is 18.2 Å². The third-order valence-corrected chi connectivity index (χ3v) is 4.03. The van der Waals surface area contributed by atoms with Crippen molar-refractivity contribution >= 4 is 44.4 Å². The summed E-state index contributed by atoms with van der Waals surface area (Å²) < 4.78 is 13.6. The van der Waals surface area contributed by atoms with Gasteiger partial charge in [0.15, 0.2) is 0 Å². The van der Waals surface area contributed by atoms with Gasteiger partial charge < -0.3 is 5.32 Å². The summed E-state index contributed by atoms with van der Waals surface area (Å²) in [6.45, 7) is 7.04. The number of carbonyl (C=O) groups excluding carboxylic acids is 1. The minimum absolute atomic E-state index is 0.164. The summed E-state index contributed by atoms with van der Waals surface area (Å²) in [6, 6.07) is 4.17. The Kier molecular flexibility index (Phi) is 6.23. The van der Waals surface area contributed by atoms with Gasteiger partial charge in [0.25, 0.3) is 5.91 Å². The van der Waals surface area contributed by atoms with E-state index in [0.29, 0.717) is 15.7 Å². The van der Waals surface area contributed by atoms with E-state index in [-0.39, 0.29) is 22.0 Å². The van der Waals surface area contributed by atoms with E-state index >= 15 is 0 Å². The highest BCUT2D eigenvalue weighted by molar-refractivity contribution is 14.1. The number of alkyl halides is 1. The Morgan fingerprint density at radius 1 is 1.47 bits per heavy atom. The van der Waals surface area contributed by atoms with E-state index in [9.17, 15) is 9.18 Å². The molecule has 1 aromatic rings. The molecule has 0 saturated heterocycles. The van der Waals surface area contributed by atoms with Crippen LogP contribution < -0.4 is 5.32 Å². The maximum Gasteiger partial charge on any atom is 0.252 e. The lowest BCUT2D eigenvalue weighted by molar-refractivity contribution is 0.0951. The molecule has 0 aliphatic rings. The molecule has 0 radical (unpaired) electrons. The fourth-order valence-corrected chi connectivity index (χ4v) is 3.56. The van der Waals surface area contributed by atoms with E-state index in [1.165, 1.54) is 18.2 Å². The van der Waals surface area contributed by atoms with Gasteiger partial charge >= 0.3 is 0 Å². The highest BCUT2D eigenvalue weighted by atomic mass is 127. The first-order chi connectivity index (χ1) is 8.69. The van der Waals surface area contributed by atoms with Gasteiger partial charge in [-0.15, -0.1) is 0 Å². The van der Waals surface area contributed by atoms with Crippen LogP contribution in [0.1, 0.15) is 37.6 Å². The third-order valence-electron chi connectivity index (χ3n) is 2.49. The second-order valence-corrected chi connectivity index (χ2v) is 8.15. The summed E-state index contributed by atoms with van der Waals surface area (Å²) >= 11 is 5.54. The van der Waals surface area contributed by atoms with Crippen LogP contribution >= 0.6 is 38.5 Å². The maximum absolute atomic E-state index is 13.0. The van der Waals surface area contributed by atoms with Crippen LogP contribution in [0, 0.1) is 14.8 Å². The Morgan fingerprint density at radius 2 is 2.11 bits per heavy atom. The predicted octanol–water partition coefficient (Wildman–Crippen LogP) is 4.36. The lowest BCUT2D eigenvalue weighted by Crippen LogP contribution is -2.31. The molecule has 0 aliphatic carbocycles. The van der Waals surface area contributed by atoms with Crippen LogP contribution in [0.4, 0.5) is 4.39 Å². The van der Waals surface area contributed by atoms with Gasteiger partial charge in [-0.25, -0.2) is 4.39 Å². The molecule has 0 spiro atoms. The molecule has 1 atom stereocenters. The largest absolute Gasteiger partial charge is 0.351 e. The number of hydrogen-bond donors (Lipinski definition) is 1. The van der Waals surface area contributed by atoms with Gasteiger partial charge in [-0.1, -0.05) is 36.7 Å². The van der Waals surface area contributed by atoms with Gasteiger partial charge in [-0.2, -0.15) is 0 Å². The summed E-state index contributed by atoms with van der Waals surface area (Å²) in [5, 5.41) is 2.87. The Balaban J connectivity index is 2.56. The molecule has 1 unspecified atom stereocenters. The number of hydrogen-bond acceptors (Lipinski definition) is 1. The zero-order valence-electron chi connectivity index (χ0n) is 11.3. The van der Waals surface area contributed by atoms with Crippen molar-refractivity contribution in [1.82, 2.24) is 5.32 Å². The maximum atomic E-state index is 13.0. The van der Waals surface area contributed by atoms with E-state index in [2.05, 4.69) is 42.0 Å². The van der Waals surface area contributed by atoms with Gasteiger partial charge in [0, 0.05) is 14.9 Å². The summed E-state index contributed by atoms with van der Waals surface area (Å²) in [6.07, 6.45) is 0.966. The standard InChI is InChI=1S/C14H18BrFINO/c1-14(2,3)7-9(15)8-18-13(19)11-5-4-10(16)6-12(11)17/h4-6,9H,7-8H2,1-3H3,(H,18,19). The van der Waals surface area contributed by atoms with Crippen molar-refractivity contribution in [3.8, 4) is 0 Å². The first-order valence-corrected chi connectivity index (χ1v) is 8.06. The van der Waals surface area contributed by atoms with Crippen molar-refractivity contribution in [2.45, 2.75) is 32.0 Å². The topological polar surface area (TPSA) is 29.1 Å². The van der Waals surface area contributed by atoms with Crippen LogP contribution in [0.5, 0.6) is 0 Å². The van der Waals surface area contributed by atoms with Crippen LogP contribution in [0.3, 0.4) is 0 Å². The average molecular weight is 442 g/mol. The van der Waals surface area contributed by atoms with Gasteiger partial charge in [0.1, 0.15) is 5.82 Å². The normalized spacial score (nSPS) is 13.2. The fraction of sp³-hybridized carbons (Fsp3) is 0.500. The molecule has 1 rings (SSSR count). The Labute approximate surface area is 135 Å². The summed E-state index contributed by atoms with van der Waals surface area (Å²) in [7, 11) is 0. The van der Waals surface area contributed by atoms with E-state index in [1.807, 2.05) is 22.6 Å². The summed E-state index contributed by atoms with van der Waals surface area (Å²) in [4.78, 5) is 12.2. The molecule has 0 fully saturated rings. The molecule has 106 valence electrons. The molecule has 0 bridgehead atoms. The number of halogens is 3. The number of benzene rings is 1. The average Bonchev–Trinajstić information content (AvgIpc) is 2.23. The Bertz CT molecular complexity index is 459. The van der Waals surface area contributed by atoms with Gasteiger partial charge in [0.05, 0.1) is 5.56 Å². The number of rotatable bonds is 4. The molecule has 0 aromatic heterocycles. The van der Waals surface area contributed by atoms with Gasteiger partial charge in [-0.3, -0.25) is 4.79 Å². The van der Waals surface area contributed by atoms with Crippen LogP contribution in [-0.4, -0.2) is 17.3 Å². The second-order valence-electron chi connectivity index (χ2n) is 5.70. The number of nitrogens with one attached hydrogen (secondary N) is 1. The van der Waals surface area contributed by atoms with E-state index in [1.54, 1.807) is 0 Å². The molecule has 5 heteroatoms. The molecule has 19 heavy (non-hydrogen) atoms. The first kappa shape index (κ1) is 16.9. The van der Waals surface area contributed by atoms with Crippen molar-refractivity contribution in [1.29, 1.82) is 0 Å². The summed E-state index contributed by atoms with van der Waals surface area (Å²) in [5.41, 5.74) is 0.723. The molecular weight excluding hydrogens is 424 g/mol. The van der Waals surface area contributed by atoms with E-state index < -0.39 is 0 Å². The van der Waals surface area contributed by atoms with Crippen LogP contribution in [0.25, 0.3) is 0 Å². The quantitative estimate of drug-likeness (QED) is 0.545. The van der Waals surface area contributed by atoms with Gasteiger partial charge in [-0.05, 0) is 52.6 Å².